The van der Waals surface area contributed by atoms with Gasteiger partial charge in [0.15, 0.2) is 5.69 Å². The van der Waals surface area contributed by atoms with Gasteiger partial charge in [0.25, 0.3) is 5.91 Å². The summed E-state index contributed by atoms with van der Waals surface area (Å²) in [6.45, 7) is 3.49. The molecule has 4 rings (SSSR count). The molecule has 4 aromatic rings. The minimum atomic E-state index is -0.902. The molecule has 0 bridgehead atoms. The molecule has 0 saturated heterocycles. The first-order valence-electron chi connectivity index (χ1n) is 9.04. The molecule has 3 heterocycles. The zero-order valence-electron chi connectivity index (χ0n) is 16.3. The number of carbonyl (C=O) groups excluding carboxylic acids is 1. The average molecular weight is 442 g/mol. The van der Waals surface area contributed by atoms with Gasteiger partial charge in [-0.3, -0.25) is 9.59 Å². The van der Waals surface area contributed by atoms with E-state index in [1.54, 1.807) is 19.9 Å². The number of halogens is 3. The van der Waals surface area contributed by atoms with Gasteiger partial charge < -0.3 is 5.32 Å². The van der Waals surface area contributed by atoms with Crippen LogP contribution in [0, 0.1) is 25.6 Å². The van der Waals surface area contributed by atoms with E-state index in [2.05, 4.69) is 20.4 Å². The van der Waals surface area contributed by atoms with E-state index in [-0.39, 0.29) is 27.4 Å². The van der Waals surface area contributed by atoms with E-state index in [1.165, 1.54) is 18.2 Å². The summed E-state index contributed by atoms with van der Waals surface area (Å²) < 4.78 is 29.2. The zero-order valence-corrected chi connectivity index (χ0v) is 17.0. The number of fused-ring (bicyclic) bond motifs is 1. The van der Waals surface area contributed by atoms with Gasteiger partial charge in [-0.05, 0) is 49.7 Å². The van der Waals surface area contributed by atoms with E-state index in [4.69, 9.17) is 11.6 Å². The lowest BCUT2D eigenvalue weighted by atomic mass is 10.1. The van der Waals surface area contributed by atoms with Crippen molar-refractivity contribution in [2.24, 2.45) is 0 Å². The predicted molar refractivity (Wildman–Crippen MR) is 112 cm³/mol. The van der Waals surface area contributed by atoms with Crippen LogP contribution in [0.5, 0.6) is 0 Å². The lowest BCUT2D eigenvalue weighted by Gasteiger charge is -2.14. The standard InChI is InChI=1S/C21H14ClF2N5O2/c1-10-7-16-18(26-11(10)2)20(30)19(21(31)27-13-5-6-25-17(24)9-13)28-29(16)15-4-3-12(22)8-14(15)23/h3-9H,1-2H3,(H,25,27,31). The first kappa shape index (κ1) is 20.5. The van der Waals surface area contributed by atoms with Crippen LogP contribution < -0.4 is 10.7 Å². The predicted octanol–water partition coefficient (Wildman–Crippen LogP) is 3.98. The highest BCUT2D eigenvalue weighted by atomic mass is 35.5. The fraction of sp³-hybridized carbons (Fsp3) is 0.0952. The van der Waals surface area contributed by atoms with Crippen molar-refractivity contribution in [2.45, 2.75) is 13.8 Å². The summed E-state index contributed by atoms with van der Waals surface area (Å²) in [5, 5.41) is 6.68. The number of aromatic nitrogens is 4. The Bertz CT molecular complexity index is 1420. The number of rotatable bonds is 3. The number of aryl methyl sites for hydroxylation is 2. The molecule has 7 nitrogen and oxygen atoms in total. The summed E-state index contributed by atoms with van der Waals surface area (Å²) in [4.78, 5) is 33.5. The van der Waals surface area contributed by atoms with E-state index in [0.29, 0.717) is 5.69 Å². The van der Waals surface area contributed by atoms with Crippen LogP contribution in [0.4, 0.5) is 14.5 Å². The summed E-state index contributed by atoms with van der Waals surface area (Å²) in [5.74, 6) is -2.41. The van der Waals surface area contributed by atoms with Crippen LogP contribution in [0.2, 0.25) is 5.02 Å². The molecule has 1 amide bonds. The number of anilines is 1. The molecule has 0 fully saturated rings. The van der Waals surface area contributed by atoms with Crippen molar-refractivity contribution >= 4 is 34.2 Å². The zero-order chi connectivity index (χ0) is 22.3. The van der Waals surface area contributed by atoms with Gasteiger partial charge in [0, 0.05) is 28.7 Å². The number of hydrogen-bond donors (Lipinski definition) is 1. The molecule has 0 saturated carbocycles. The second kappa shape index (κ2) is 7.84. The molecule has 0 atom stereocenters. The van der Waals surface area contributed by atoms with Crippen molar-refractivity contribution < 1.29 is 13.6 Å². The molecule has 0 aliphatic rings. The number of nitrogens with one attached hydrogen (secondary N) is 1. The molecule has 0 radical (unpaired) electrons. The maximum atomic E-state index is 14.7. The van der Waals surface area contributed by atoms with Gasteiger partial charge in [-0.15, -0.1) is 0 Å². The second-order valence-electron chi connectivity index (χ2n) is 6.77. The van der Waals surface area contributed by atoms with Crippen molar-refractivity contribution in [2.75, 3.05) is 5.32 Å². The molecule has 0 unspecified atom stereocenters. The second-order valence-corrected chi connectivity index (χ2v) is 7.20. The molecule has 0 aliphatic heterocycles. The SMILES string of the molecule is Cc1cc2c(nc1C)c(=O)c(C(=O)Nc1ccnc(F)c1)nn2-c1ccc(Cl)cc1F. The van der Waals surface area contributed by atoms with Crippen molar-refractivity contribution in [3.8, 4) is 5.69 Å². The van der Waals surface area contributed by atoms with Gasteiger partial charge in [-0.2, -0.15) is 9.49 Å². The Labute approximate surface area is 179 Å². The van der Waals surface area contributed by atoms with Crippen molar-refractivity contribution in [1.29, 1.82) is 0 Å². The molecular weight excluding hydrogens is 428 g/mol. The van der Waals surface area contributed by atoms with E-state index in [1.807, 2.05) is 0 Å². The van der Waals surface area contributed by atoms with E-state index < -0.39 is 28.8 Å². The van der Waals surface area contributed by atoms with Crippen LogP contribution in [0.25, 0.3) is 16.7 Å². The topological polar surface area (TPSA) is 89.8 Å². The minimum Gasteiger partial charge on any atom is -0.320 e. The number of pyridine rings is 2. The van der Waals surface area contributed by atoms with E-state index in [9.17, 15) is 18.4 Å². The molecule has 1 N–H and O–H groups in total. The fourth-order valence-electron chi connectivity index (χ4n) is 2.99. The number of nitrogens with zero attached hydrogens (tertiary/aromatic N) is 4. The van der Waals surface area contributed by atoms with E-state index in [0.717, 1.165) is 28.6 Å². The van der Waals surface area contributed by atoms with Gasteiger partial charge in [-0.1, -0.05) is 11.6 Å². The highest BCUT2D eigenvalue weighted by Gasteiger charge is 2.21. The third-order valence-corrected chi connectivity index (χ3v) is 4.88. The minimum absolute atomic E-state index is 0.0246. The summed E-state index contributed by atoms with van der Waals surface area (Å²) >= 11 is 5.85. The molecule has 3 aromatic heterocycles. The molecule has 0 spiro atoms. The Kier molecular flexibility index (Phi) is 5.20. The van der Waals surface area contributed by atoms with Crippen molar-refractivity contribution in [1.82, 2.24) is 19.7 Å². The van der Waals surface area contributed by atoms with Gasteiger partial charge in [0.05, 0.1) is 5.52 Å². The number of hydrogen-bond acceptors (Lipinski definition) is 5. The quantitative estimate of drug-likeness (QED) is 0.486. The average Bonchev–Trinajstić information content (AvgIpc) is 2.70. The van der Waals surface area contributed by atoms with Gasteiger partial charge in [0.1, 0.15) is 17.0 Å². The summed E-state index contributed by atoms with van der Waals surface area (Å²) in [5.41, 5.74) is 0.271. The normalized spacial score (nSPS) is 11.0. The Morgan fingerprint density at radius 3 is 2.61 bits per heavy atom. The molecular formula is C21H14ClF2N5O2. The maximum absolute atomic E-state index is 14.7. The summed E-state index contributed by atoms with van der Waals surface area (Å²) in [6.07, 6.45) is 1.16. The number of carbonyl (C=O) groups is 1. The molecule has 10 heteroatoms. The third-order valence-electron chi connectivity index (χ3n) is 4.64. The Morgan fingerprint density at radius 1 is 1.13 bits per heavy atom. The smallest absolute Gasteiger partial charge is 0.280 e. The number of amides is 1. The third kappa shape index (κ3) is 3.87. The fourth-order valence-corrected chi connectivity index (χ4v) is 3.15. The Hall–Kier alpha value is -3.72. The van der Waals surface area contributed by atoms with Crippen LogP contribution in [-0.2, 0) is 0 Å². The van der Waals surface area contributed by atoms with Crippen LogP contribution >= 0.6 is 11.6 Å². The van der Waals surface area contributed by atoms with Crippen LogP contribution in [0.1, 0.15) is 21.7 Å². The first-order chi connectivity index (χ1) is 14.7. The van der Waals surface area contributed by atoms with E-state index >= 15 is 0 Å². The van der Waals surface area contributed by atoms with Crippen LogP contribution in [0.15, 0.2) is 47.4 Å². The first-order valence-corrected chi connectivity index (χ1v) is 9.42. The number of benzene rings is 1. The highest BCUT2D eigenvalue weighted by molar-refractivity contribution is 6.30. The van der Waals surface area contributed by atoms with Crippen LogP contribution in [-0.4, -0.2) is 25.7 Å². The maximum Gasteiger partial charge on any atom is 0.280 e. The van der Waals surface area contributed by atoms with Crippen LogP contribution in [0.3, 0.4) is 0 Å². The Morgan fingerprint density at radius 2 is 1.90 bits per heavy atom. The van der Waals surface area contributed by atoms with Gasteiger partial charge in [0.2, 0.25) is 11.4 Å². The molecule has 1 aromatic carbocycles. The highest BCUT2D eigenvalue weighted by Crippen LogP contribution is 2.22. The Balaban J connectivity index is 1.96. The lowest BCUT2D eigenvalue weighted by molar-refractivity contribution is 0.102. The largest absolute Gasteiger partial charge is 0.320 e. The van der Waals surface area contributed by atoms with Gasteiger partial charge in [-0.25, -0.2) is 19.0 Å². The van der Waals surface area contributed by atoms with Crippen molar-refractivity contribution in [3.05, 3.63) is 86.6 Å². The van der Waals surface area contributed by atoms with Crippen molar-refractivity contribution in [3.63, 3.8) is 0 Å². The lowest BCUT2D eigenvalue weighted by Crippen LogP contribution is -2.28. The van der Waals surface area contributed by atoms with Gasteiger partial charge >= 0.3 is 0 Å². The summed E-state index contributed by atoms with van der Waals surface area (Å²) in [7, 11) is 0. The molecule has 0 aliphatic carbocycles. The summed E-state index contributed by atoms with van der Waals surface area (Å²) in [6, 6.07) is 7.91. The monoisotopic (exact) mass is 441 g/mol. The molecule has 31 heavy (non-hydrogen) atoms. The molecule has 156 valence electrons.